The fourth-order valence-electron chi connectivity index (χ4n) is 7.41. The van der Waals surface area contributed by atoms with E-state index in [-0.39, 0.29) is 35.7 Å². The second-order valence-corrected chi connectivity index (χ2v) is 14.7. The van der Waals surface area contributed by atoms with Crippen molar-refractivity contribution >= 4 is 23.8 Å². The third-order valence-electron chi connectivity index (χ3n) is 10.4. The molecule has 286 valence electrons. The standard InChI is InChI=1S/C40H50N8O6/c1-23(2)34(45-33(50)22-49)38(51)47-18-6-8-31(47)36-41-20-29(43-36)27-14-10-25(11-15-27)26-12-16-28(17-13-26)30-21-42-37(44-30)32-9-7-19-48(32)39(52)35(24(3)4)46-40(53)54-5/h10-17,20-21,23-24,31-32,34-35,49H,6-9,18-19,22H2,1-5H3,(H,41,43)(H,42,44)(H,45,50)(H,46,53)/t31-,32-,34-,35-/m0/s1. The second kappa shape index (κ2) is 16.7. The van der Waals surface area contributed by atoms with Crippen molar-refractivity contribution in [3.05, 3.63) is 72.6 Å². The number of aromatic amines is 2. The molecule has 2 aromatic carbocycles. The number of rotatable bonds is 12. The molecule has 2 saturated heterocycles. The molecule has 0 aliphatic carbocycles. The number of H-pyrrole nitrogens is 2. The van der Waals surface area contributed by atoms with Gasteiger partial charge in [-0.2, -0.15) is 0 Å². The van der Waals surface area contributed by atoms with Crippen molar-refractivity contribution in [2.24, 2.45) is 11.8 Å². The maximum absolute atomic E-state index is 13.5. The first-order valence-corrected chi connectivity index (χ1v) is 18.7. The lowest BCUT2D eigenvalue weighted by atomic mass is 10.0. The summed E-state index contributed by atoms with van der Waals surface area (Å²) >= 11 is 0. The van der Waals surface area contributed by atoms with Crippen molar-refractivity contribution in [3.8, 4) is 33.6 Å². The topological polar surface area (TPSA) is 186 Å². The molecule has 6 rings (SSSR count). The van der Waals surface area contributed by atoms with Gasteiger partial charge >= 0.3 is 6.09 Å². The van der Waals surface area contributed by atoms with Gasteiger partial charge in [-0.15, -0.1) is 0 Å². The Bertz CT molecular complexity index is 1800. The molecule has 4 amide bonds. The number of methoxy groups -OCH3 is 1. The smallest absolute Gasteiger partial charge is 0.407 e. The van der Waals surface area contributed by atoms with Crippen LogP contribution in [0.15, 0.2) is 60.9 Å². The van der Waals surface area contributed by atoms with Crippen LogP contribution in [-0.2, 0) is 19.1 Å². The zero-order chi connectivity index (χ0) is 38.5. The molecule has 2 aromatic heterocycles. The number of amides is 4. The van der Waals surface area contributed by atoms with E-state index in [9.17, 15) is 24.3 Å². The average molecular weight is 739 g/mol. The summed E-state index contributed by atoms with van der Waals surface area (Å²) in [4.78, 5) is 70.6. The minimum atomic E-state index is -0.722. The van der Waals surface area contributed by atoms with Gasteiger partial charge < -0.3 is 40.2 Å². The predicted octanol–water partition coefficient (Wildman–Crippen LogP) is 4.97. The second-order valence-electron chi connectivity index (χ2n) is 14.7. The Morgan fingerprint density at radius 2 is 1.13 bits per heavy atom. The number of benzene rings is 2. The van der Waals surface area contributed by atoms with Gasteiger partial charge in [-0.3, -0.25) is 14.4 Å². The molecule has 4 aromatic rings. The normalized spacial score (nSPS) is 18.2. The molecule has 14 heteroatoms. The van der Waals surface area contributed by atoms with Crippen LogP contribution in [0.2, 0.25) is 0 Å². The molecular formula is C40H50N8O6. The molecule has 54 heavy (non-hydrogen) atoms. The van der Waals surface area contributed by atoms with Crippen LogP contribution in [0.1, 0.15) is 77.1 Å². The van der Waals surface area contributed by atoms with Gasteiger partial charge in [0.05, 0.1) is 43.0 Å². The summed E-state index contributed by atoms with van der Waals surface area (Å²) in [7, 11) is 1.29. The van der Waals surface area contributed by atoms with Crippen molar-refractivity contribution in [1.29, 1.82) is 0 Å². The molecule has 2 aliphatic rings. The maximum atomic E-state index is 13.5. The monoisotopic (exact) mass is 738 g/mol. The first kappa shape index (κ1) is 38.2. The van der Waals surface area contributed by atoms with E-state index in [1.54, 1.807) is 22.2 Å². The van der Waals surface area contributed by atoms with Crippen LogP contribution in [0.5, 0.6) is 0 Å². The summed E-state index contributed by atoms with van der Waals surface area (Å²) in [6.45, 7) is 8.04. The van der Waals surface area contributed by atoms with Gasteiger partial charge in [0, 0.05) is 13.1 Å². The Balaban J connectivity index is 1.11. The molecule has 2 aliphatic heterocycles. The van der Waals surface area contributed by atoms with E-state index in [4.69, 9.17) is 4.74 Å². The number of hydrogen-bond donors (Lipinski definition) is 5. The van der Waals surface area contributed by atoms with Crippen LogP contribution in [0.4, 0.5) is 4.79 Å². The van der Waals surface area contributed by atoms with Gasteiger partial charge in [-0.25, -0.2) is 14.8 Å². The summed E-state index contributed by atoms with van der Waals surface area (Å²) in [6, 6.07) is 14.6. The first-order valence-electron chi connectivity index (χ1n) is 18.7. The maximum Gasteiger partial charge on any atom is 0.407 e. The molecule has 4 heterocycles. The number of ether oxygens (including phenoxy) is 1. The van der Waals surface area contributed by atoms with Gasteiger partial charge in [0.1, 0.15) is 30.3 Å². The molecule has 0 bridgehead atoms. The van der Waals surface area contributed by atoms with Crippen molar-refractivity contribution in [1.82, 2.24) is 40.4 Å². The largest absolute Gasteiger partial charge is 0.453 e. The minimum absolute atomic E-state index is 0.107. The number of carbonyl (C=O) groups is 4. The fraction of sp³-hybridized carbons (Fsp3) is 0.450. The lowest BCUT2D eigenvalue weighted by Gasteiger charge is -2.30. The number of aliphatic hydroxyl groups excluding tert-OH is 1. The van der Waals surface area contributed by atoms with E-state index >= 15 is 0 Å². The number of aromatic nitrogens is 4. The molecule has 4 atom stereocenters. The van der Waals surface area contributed by atoms with E-state index in [2.05, 4.69) is 54.8 Å². The Labute approximate surface area is 315 Å². The van der Waals surface area contributed by atoms with Gasteiger partial charge in [0.2, 0.25) is 17.7 Å². The number of imidazole rings is 2. The first-order chi connectivity index (χ1) is 26.0. The molecule has 0 spiro atoms. The molecular weight excluding hydrogens is 688 g/mol. The molecule has 5 N–H and O–H groups in total. The number of likely N-dealkylation sites (tertiary alicyclic amines) is 2. The summed E-state index contributed by atoms with van der Waals surface area (Å²) in [5.74, 6) is 0.296. The van der Waals surface area contributed by atoms with Crippen molar-refractivity contribution < 1.29 is 29.0 Å². The predicted molar refractivity (Wildman–Crippen MR) is 202 cm³/mol. The summed E-state index contributed by atoms with van der Waals surface area (Å²) in [5.41, 5.74) is 5.73. The third kappa shape index (κ3) is 8.18. The number of hydrogen-bond acceptors (Lipinski definition) is 8. The molecule has 0 unspecified atom stereocenters. The van der Waals surface area contributed by atoms with Crippen molar-refractivity contribution in [2.75, 3.05) is 26.8 Å². The van der Waals surface area contributed by atoms with Gasteiger partial charge in [-0.05, 0) is 59.8 Å². The average Bonchev–Trinajstić information content (AvgIpc) is 4.02. The summed E-state index contributed by atoms with van der Waals surface area (Å²) < 4.78 is 4.75. The highest BCUT2D eigenvalue weighted by Gasteiger charge is 2.38. The number of carbonyl (C=O) groups excluding carboxylic acids is 4. The summed E-state index contributed by atoms with van der Waals surface area (Å²) in [6.07, 6.45) is 6.17. The number of nitrogens with one attached hydrogen (secondary N) is 4. The molecule has 0 saturated carbocycles. The fourth-order valence-corrected chi connectivity index (χ4v) is 7.41. The SMILES string of the molecule is COC(=O)N[C@H](C(=O)N1CCC[C@H]1c1ncc(-c2ccc(-c3ccc(-c4cnc([C@@H]5CCCN5C(=O)[C@@H](NC(=O)CO)C(C)C)[nH]4)cc3)cc2)[nH]1)C(C)C. The van der Waals surface area contributed by atoms with Crippen LogP contribution >= 0.6 is 0 Å². The highest BCUT2D eigenvalue weighted by molar-refractivity contribution is 5.89. The highest BCUT2D eigenvalue weighted by atomic mass is 16.5. The van der Waals surface area contributed by atoms with Crippen LogP contribution < -0.4 is 10.6 Å². The lowest BCUT2D eigenvalue weighted by Crippen LogP contribution is -2.51. The number of aliphatic hydroxyl groups is 1. The summed E-state index contributed by atoms with van der Waals surface area (Å²) in [5, 5.41) is 14.6. The zero-order valence-corrected chi connectivity index (χ0v) is 31.5. The van der Waals surface area contributed by atoms with Crippen LogP contribution in [0.3, 0.4) is 0 Å². The van der Waals surface area contributed by atoms with Gasteiger partial charge in [-0.1, -0.05) is 76.2 Å². The van der Waals surface area contributed by atoms with Crippen molar-refractivity contribution in [3.63, 3.8) is 0 Å². The third-order valence-corrected chi connectivity index (χ3v) is 10.4. The van der Waals surface area contributed by atoms with E-state index in [1.807, 2.05) is 52.0 Å². The quantitative estimate of drug-likeness (QED) is 0.135. The Morgan fingerprint density at radius 1 is 0.722 bits per heavy atom. The van der Waals surface area contributed by atoms with Crippen molar-refractivity contribution in [2.45, 2.75) is 77.5 Å². The Kier molecular flexibility index (Phi) is 11.8. The molecule has 14 nitrogen and oxygen atoms in total. The van der Waals surface area contributed by atoms with E-state index in [1.165, 1.54) is 7.11 Å². The number of nitrogens with zero attached hydrogens (tertiary/aromatic N) is 4. The van der Waals surface area contributed by atoms with Gasteiger partial charge in [0.15, 0.2) is 0 Å². The van der Waals surface area contributed by atoms with Gasteiger partial charge in [0.25, 0.3) is 0 Å². The van der Waals surface area contributed by atoms with E-state index < -0.39 is 30.7 Å². The van der Waals surface area contributed by atoms with Crippen LogP contribution in [0.25, 0.3) is 33.6 Å². The molecule has 2 fully saturated rings. The van der Waals surface area contributed by atoms with Crippen LogP contribution in [0, 0.1) is 11.8 Å². The van der Waals surface area contributed by atoms with E-state index in [0.717, 1.165) is 65.1 Å². The lowest BCUT2D eigenvalue weighted by molar-refractivity contribution is -0.139. The highest BCUT2D eigenvalue weighted by Crippen LogP contribution is 2.35. The van der Waals surface area contributed by atoms with E-state index in [0.29, 0.717) is 18.9 Å². The Hall–Kier alpha value is -5.50. The van der Waals surface area contributed by atoms with Crippen LogP contribution in [-0.4, -0.2) is 97.5 Å². The molecule has 0 radical (unpaired) electrons. The zero-order valence-electron chi connectivity index (χ0n) is 31.5. The minimum Gasteiger partial charge on any atom is -0.453 e. The number of alkyl carbamates (subject to hydrolysis) is 1. The Morgan fingerprint density at radius 3 is 1.52 bits per heavy atom.